The molecule has 4 aliphatic carbocycles. The minimum absolute atomic E-state index is 0.0530. The number of ether oxygens (including phenoxy) is 1. The van der Waals surface area contributed by atoms with E-state index in [2.05, 4.69) is 20.8 Å². The molecule has 32 heavy (non-hydrogen) atoms. The highest BCUT2D eigenvalue weighted by Crippen LogP contribution is 2.55. The van der Waals surface area contributed by atoms with Crippen molar-refractivity contribution in [2.45, 2.75) is 63.6 Å². The highest BCUT2D eigenvalue weighted by molar-refractivity contribution is 5.97. The smallest absolute Gasteiger partial charge is 0.256 e. The highest BCUT2D eigenvalue weighted by Gasteiger charge is 2.56. The number of nitrogens with zero attached hydrogens (tertiary/aromatic N) is 4. The summed E-state index contributed by atoms with van der Waals surface area (Å²) in [5, 5.41) is 15.5. The number of aromatic nitrogens is 4. The van der Waals surface area contributed by atoms with Gasteiger partial charge >= 0.3 is 0 Å². The van der Waals surface area contributed by atoms with Crippen molar-refractivity contribution < 1.29 is 14.3 Å². The molecule has 0 aliphatic heterocycles. The average molecular weight is 441 g/mol. The van der Waals surface area contributed by atoms with Crippen LogP contribution in [0.15, 0.2) is 24.7 Å². The van der Waals surface area contributed by atoms with Gasteiger partial charge in [0.25, 0.3) is 5.91 Å². The fourth-order valence-corrected chi connectivity index (χ4v) is 6.71. The zero-order valence-corrected chi connectivity index (χ0v) is 18.8. The molecule has 9 heteroatoms. The Bertz CT molecular complexity index is 968. The van der Waals surface area contributed by atoms with Gasteiger partial charge in [-0.2, -0.15) is 10.2 Å². The Labute approximate surface area is 187 Å². The van der Waals surface area contributed by atoms with E-state index in [-0.39, 0.29) is 23.4 Å². The second-order valence-electron chi connectivity index (χ2n) is 9.83. The Balaban J connectivity index is 1.35. The van der Waals surface area contributed by atoms with Crippen LogP contribution in [0.4, 0.5) is 0 Å². The topological polar surface area (TPSA) is 103 Å². The van der Waals surface area contributed by atoms with Crippen LogP contribution in [0.25, 0.3) is 5.82 Å². The quantitative estimate of drug-likeness (QED) is 0.611. The maximum atomic E-state index is 13.5. The largest absolute Gasteiger partial charge is 0.385 e. The van der Waals surface area contributed by atoms with E-state index >= 15 is 0 Å². The zero-order valence-electron chi connectivity index (χ0n) is 18.8. The van der Waals surface area contributed by atoms with Gasteiger partial charge in [0.1, 0.15) is 5.56 Å². The summed E-state index contributed by atoms with van der Waals surface area (Å²) in [5.41, 5.74) is 0.465. The van der Waals surface area contributed by atoms with Gasteiger partial charge in [-0.1, -0.05) is 0 Å². The number of carbonyl (C=O) groups excluding carboxylic acids is 2. The lowest BCUT2D eigenvalue weighted by molar-refractivity contribution is -0.125. The number of carbonyl (C=O) groups is 2. The van der Waals surface area contributed by atoms with Gasteiger partial charge in [-0.05, 0) is 62.3 Å². The van der Waals surface area contributed by atoms with Crippen molar-refractivity contribution in [1.82, 2.24) is 30.2 Å². The molecule has 0 radical (unpaired) electrons. The van der Waals surface area contributed by atoms with E-state index in [1.807, 2.05) is 16.9 Å². The third-order valence-corrected chi connectivity index (χ3v) is 7.51. The lowest BCUT2D eigenvalue weighted by Gasteiger charge is -2.60. The summed E-state index contributed by atoms with van der Waals surface area (Å²) in [6, 6.07) is 1.98. The Morgan fingerprint density at radius 1 is 1.22 bits per heavy atom. The second-order valence-corrected chi connectivity index (χ2v) is 9.83. The summed E-state index contributed by atoms with van der Waals surface area (Å²) in [6.07, 6.45) is 11.2. The van der Waals surface area contributed by atoms with Gasteiger partial charge in [0.05, 0.1) is 6.20 Å². The molecule has 0 aromatic carbocycles. The molecule has 4 aliphatic rings. The number of nitrogens with one attached hydrogen (secondary N) is 2. The third kappa shape index (κ3) is 3.83. The Morgan fingerprint density at radius 3 is 2.66 bits per heavy atom. The monoisotopic (exact) mass is 440 g/mol. The summed E-state index contributed by atoms with van der Waals surface area (Å²) < 4.78 is 8.70. The number of hydrogen-bond donors (Lipinski definition) is 2. The molecule has 2 aromatic rings. The first kappa shape index (κ1) is 21.2. The van der Waals surface area contributed by atoms with Crippen LogP contribution in [-0.2, 0) is 16.1 Å². The van der Waals surface area contributed by atoms with Crippen LogP contribution in [0.1, 0.15) is 55.8 Å². The van der Waals surface area contributed by atoms with E-state index in [9.17, 15) is 9.59 Å². The molecular formula is C23H32N6O3. The van der Waals surface area contributed by atoms with Crippen LogP contribution < -0.4 is 10.6 Å². The van der Waals surface area contributed by atoms with E-state index in [4.69, 9.17) is 4.74 Å². The summed E-state index contributed by atoms with van der Waals surface area (Å²) >= 11 is 0. The Kier molecular flexibility index (Phi) is 5.53. The molecule has 2 N–H and O–H groups in total. The Hall–Kier alpha value is -2.68. The number of aryl methyl sites for hydroxylation is 1. The minimum Gasteiger partial charge on any atom is -0.385 e. The molecule has 4 bridgehead atoms. The van der Waals surface area contributed by atoms with Crippen LogP contribution in [0.5, 0.6) is 0 Å². The summed E-state index contributed by atoms with van der Waals surface area (Å²) in [6.45, 7) is 2.88. The number of amides is 2. The van der Waals surface area contributed by atoms with Crippen molar-refractivity contribution in [2.75, 3.05) is 13.7 Å². The number of methoxy groups -OCH3 is 1. The van der Waals surface area contributed by atoms with Gasteiger partial charge in [-0.25, -0.2) is 9.36 Å². The molecule has 4 fully saturated rings. The molecule has 2 unspecified atom stereocenters. The highest BCUT2D eigenvalue weighted by atomic mass is 16.5. The molecule has 4 saturated carbocycles. The van der Waals surface area contributed by atoms with E-state index in [1.165, 1.54) is 0 Å². The van der Waals surface area contributed by atoms with Crippen LogP contribution in [0.3, 0.4) is 0 Å². The lowest BCUT2D eigenvalue weighted by Crippen LogP contribution is -2.66. The maximum Gasteiger partial charge on any atom is 0.256 e. The van der Waals surface area contributed by atoms with Crippen molar-refractivity contribution in [3.05, 3.63) is 30.2 Å². The minimum atomic E-state index is -0.0976. The van der Waals surface area contributed by atoms with Crippen LogP contribution in [0, 0.1) is 17.8 Å². The third-order valence-electron chi connectivity index (χ3n) is 7.51. The first-order valence-electron chi connectivity index (χ1n) is 11.6. The molecule has 0 saturated heterocycles. The first-order valence-corrected chi connectivity index (χ1v) is 11.6. The number of hydrogen-bond acceptors (Lipinski definition) is 5. The van der Waals surface area contributed by atoms with Gasteiger partial charge in [-0.3, -0.25) is 9.59 Å². The van der Waals surface area contributed by atoms with Crippen LogP contribution >= 0.6 is 0 Å². The maximum absolute atomic E-state index is 13.5. The molecule has 2 atom stereocenters. The van der Waals surface area contributed by atoms with E-state index in [0.29, 0.717) is 42.3 Å². The predicted octanol–water partition coefficient (Wildman–Crippen LogP) is 1.92. The first-order chi connectivity index (χ1) is 15.5. The van der Waals surface area contributed by atoms with Crippen LogP contribution in [0.2, 0.25) is 0 Å². The molecule has 2 amide bonds. The molecule has 6 rings (SSSR count). The van der Waals surface area contributed by atoms with Gasteiger partial charge < -0.3 is 15.4 Å². The van der Waals surface area contributed by atoms with Crippen LogP contribution in [-0.4, -0.2) is 56.7 Å². The second kappa shape index (κ2) is 8.35. The van der Waals surface area contributed by atoms with E-state index in [0.717, 1.165) is 38.5 Å². The van der Waals surface area contributed by atoms with Crippen molar-refractivity contribution in [3.8, 4) is 5.82 Å². The standard InChI is InChI=1S/C23H32N6O3/c1-15(30)27-23-11-16-9-17(12-23)20(18(10-16)13-23)26-21(31)19-14-25-29(7-4-8-32-2)22(19)28-6-3-5-24-28/h3,5-6,14,16-18,20H,4,7-13H2,1-2H3,(H,26,31)(H,27,30)/t16?,17?,18?,20-,23-. The van der Waals surface area contributed by atoms with E-state index in [1.54, 1.807) is 31.1 Å². The van der Waals surface area contributed by atoms with Crippen molar-refractivity contribution in [2.24, 2.45) is 17.8 Å². The number of rotatable bonds is 8. The predicted molar refractivity (Wildman–Crippen MR) is 117 cm³/mol. The van der Waals surface area contributed by atoms with Gasteiger partial charge in [0, 0.05) is 51.2 Å². The summed E-state index contributed by atoms with van der Waals surface area (Å²) in [5.74, 6) is 2.10. The fraction of sp³-hybridized carbons (Fsp3) is 0.652. The van der Waals surface area contributed by atoms with Gasteiger partial charge in [-0.15, -0.1) is 0 Å². The zero-order chi connectivity index (χ0) is 22.3. The average Bonchev–Trinajstić information content (AvgIpc) is 3.39. The molecule has 0 spiro atoms. The normalized spacial score (nSPS) is 30.4. The van der Waals surface area contributed by atoms with Gasteiger partial charge in [0.15, 0.2) is 5.82 Å². The SMILES string of the molecule is COCCCn1ncc(C(=O)N[C@H]2C3CC4CC2C[C@](NC(C)=O)(C4)C3)c1-n1cccn1. The van der Waals surface area contributed by atoms with Crippen molar-refractivity contribution >= 4 is 11.8 Å². The Morgan fingerprint density at radius 2 is 2.00 bits per heavy atom. The molecule has 2 aromatic heterocycles. The summed E-state index contributed by atoms with van der Waals surface area (Å²) in [4.78, 5) is 25.3. The molecule has 172 valence electrons. The molecule has 9 nitrogen and oxygen atoms in total. The van der Waals surface area contributed by atoms with Gasteiger partial charge in [0.2, 0.25) is 5.91 Å². The fourth-order valence-electron chi connectivity index (χ4n) is 6.71. The molecule has 2 heterocycles. The van der Waals surface area contributed by atoms with Crippen molar-refractivity contribution in [1.29, 1.82) is 0 Å². The molecular weight excluding hydrogens is 408 g/mol. The lowest BCUT2D eigenvalue weighted by atomic mass is 9.51. The van der Waals surface area contributed by atoms with Crippen molar-refractivity contribution in [3.63, 3.8) is 0 Å². The summed E-state index contributed by atoms with van der Waals surface area (Å²) in [7, 11) is 1.68. The van der Waals surface area contributed by atoms with E-state index < -0.39 is 0 Å².